The number of rotatable bonds is 10. The molecule has 208 valence electrons. The second-order valence-electron chi connectivity index (χ2n) is 9.28. The lowest BCUT2D eigenvalue weighted by molar-refractivity contribution is -0.116. The lowest BCUT2D eigenvalue weighted by Gasteiger charge is -2.25. The first-order valence-corrected chi connectivity index (χ1v) is 14.4. The molecule has 14 heteroatoms. The molecule has 0 aliphatic heterocycles. The number of hydrogen-bond donors (Lipinski definition) is 2. The van der Waals surface area contributed by atoms with Crippen molar-refractivity contribution in [1.82, 2.24) is 30.4 Å². The number of pyridine rings is 2. The number of methoxy groups -OCH3 is 2. The molecule has 2 atom stereocenters. The third kappa shape index (κ3) is 7.12. The van der Waals surface area contributed by atoms with Crippen LogP contribution in [-0.4, -0.2) is 56.4 Å². The topological polar surface area (TPSA) is 154 Å². The van der Waals surface area contributed by atoms with Gasteiger partial charge in [-0.05, 0) is 43.5 Å². The van der Waals surface area contributed by atoms with Gasteiger partial charge in [0, 0.05) is 23.2 Å². The molecule has 1 fully saturated rings. The highest BCUT2D eigenvalue weighted by Gasteiger charge is 2.29. The van der Waals surface area contributed by atoms with E-state index < -0.39 is 0 Å². The van der Waals surface area contributed by atoms with Crippen molar-refractivity contribution in [1.29, 1.82) is 0 Å². The lowest BCUT2D eigenvalue weighted by atomic mass is 9.82. The SMILES string of the molecule is COc1ccc(CC(=O)Nc2nnc(C3CCCC(c4nnc(NC(=O)Cc5ccc(OC)cn5)s4)C3)s2)nc1. The molecule has 5 rings (SSSR count). The van der Waals surface area contributed by atoms with Crippen molar-refractivity contribution in [2.45, 2.75) is 50.4 Å². The standard InChI is InChI=1S/C26H28N8O4S2/c1-37-19-8-6-17(27-13-19)11-21(35)29-25-33-31-23(39-25)15-4-3-5-16(10-15)24-32-34-26(40-24)30-22(36)12-18-7-9-20(38-2)14-28-18/h6-9,13-16H,3-5,10-12H2,1-2H3,(H,29,33,35)(H,30,34,36). The maximum absolute atomic E-state index is 12.5. The minimum absolute atomic E-state index is 0.136. The molecule has 12 nitrogen and oxygen atoms in total. The molecule has 40 heavy (non-hydrogen) atoms. The molecule has 0 saturated heterocycles. The Bertz CT molecular complexity index is 1330. The Labute approximate surface area is 238 Å². The molecular formula is C26H28N8O4S2. The van der Waals surface area contributed by atoms with Crippen LogP contribution >= 0.6 is 22.7 Å². The summed E-state index contributed by atoms with van der Waals surface area (Å²) in [5, 5.41) is 25.5. The van der Waals surface area contributed by atoms with Crippen LogP contribution in [0.25, 0.3) is 0 Å². The van der Waals surface area contributed by atoms with Crippen LogP contribution in [0, 0.1) is 0 Å². The third-order valence-corrected chi connectivity index (χ3v) is 8.50. The van der Waals surface area contributed by atoms with Crippen molar-refractivity contribution >= 4 is 44.8 Å². The molecule has 4 aromatic rings. The first-order chi connectivity index (χ1) is 19.5. The van der Waals surface area contributed by atoms with Crippen molar-refractivity contribution < 1.29 is 19.1 Å². The fourth-order valence-electron chi connectivity index (χ4n) is 4.47. The molecule has 0 radical (unpaired) electrons. The molecule has 2 unspecified atom stereocenters. The van der Waals surface area contributed by atoms with Crippen molar-refractivity contribution in [2.75, 3.05) is 24.9 Å². The number of amides is 2. The number of anilines is 2. The molecule has 4 aromatic heterocycles. The highest BCUT2D eigenvalue weighted by atomic mass is 32.1. The fraction of sp³-hybridized carbons (Fsp3) is 0.385. The Morgan fingerprint density at radius 3 is 1.65 bits per heavy atom. The minimum atomic E-state index is -0.201. The zero-order valence-corrected chi connectivity index (χ0v) is 23.6. The average molecular weight is 581 g/mol. The Morgan fingerprint density at radius 1 is 0.775 bits per heavy atom. The van der Waals surface area contributed by atoms with Crippen LogP contribution in [0.15, 0.2) is 36.7 Å². The first-order valence-electron chi connectivity index (χ1n) is 12.7. The van der Waals surface area contributed by atoms with Gasteiger partial charge in [0.2, 0.25) is 22.1 Å². The van der Waals surface area contributed by atoms with E-state index in [2.05, 4.69) is 41.0 Å². The highest BCUT2D eigenvalue weighted by molar-refractivity contribution is 7.15. The zero-order valence-electron chi connectivity index (χ0n) is 22.0. The van der Waals surface area contributed by atoms with Gasteiger partial charge in [0.15, 0.2) is 0 Å². The first kappa shape index (κ1) is 27.5. The quantitative estimate of drug-likeness (QED) is 0.281. The van der Waals surface area contributed by atoms with Crippen molar-refractivity contribution in [3.8, 4) is 11.5 Å². The molecule has 1 aliphatic carbocycles. The molecule has 0 aromatic carbocycles. The summed E-state index contributed by atoms with van der Waals surface area (Å²) in [4.78, 5) is 33.4. The normalized spacial score (nSPS) is 16.8. The van der Waals surface area contributed by atoms with Crippen LogP contribution in [-0.2, 0) is 22.4 Å². The Kier molecular flexibility index (Phi) is 8.86. The molecule has 2 amide bonds. The lowest BCUT2D eigenvalue weighted by Crippen LogP contribution is -2.15. The molecule has 1 saturated carbocycles. The predicted octanol–water partition coefficient (Wildman–Crippen LogP) is 4.00. The van der Waals surface area contributed by atoms with Gasteiger partial charge in [0.1, 0.15) is 21.5 Å². The second-order valence-corrected chi connectivity index (χ2v) is 11.3. The Balaban J connectivity index is 1.13. The van der Waals surface area contributed by atoms with E-state index >= 15 is 0 Å². The molecule has 1 aliphatic rings. The summed E-state index contributed by atoms with van der Waals surface area (Å²) in [7, 11) is 3.14. The zero-order chi connectivity index (χ0) is 27.9. The monoisotopic (exact) mass is 580 g/mol. The largest absolute Gasteiger partial charge is 0.495 e. The van der Waals surface area contributed by atoms with Crippen LogP contribution in [0.4, 0.5) is 10.3 Å². The number of nitrogens with zero attached hydrogens (tertiary/aromatic N) is 6. The summed E-state index contributed by atoms with van der Waals surface area (Å²) >= 11 is 2.80. The second kappa shape index (κ2) is 12.9. The van der Waals surface area contributed by atoms with Crippen LogP contribution in [0.2, 0.25) is 0 Å². The van der Waals surface area contributed by atoms with E-state index in [0.29, 0.717) is 33.1 Å². The molecular weight excluding hydrogens is 552 g/mol. The molecule has 2 N–H and O–H groups in total. The van der Waals surface area contributed by atoms with E-state index in [4.69, 9.17) is 9.47 Å². The van der Waals surface area contributed by atoms with Gasteiger partial charge in [-0.2, -0.15) is 0 Å². The van der Waals surface area contributed by atoms with Gasteiger partial charge >= 0.3 is 0 Å². The van der Waals surface area contributed by atoms with Gasteiger partial charge < -0.3 is 20.1 Å². The van der Waals surface area contributed by atoms with Crippen LogP contribution < -0.4 is 20.1 Å². The number of carbonyl (C=O) groups is 2. The van der Waals surface area contributed by atoms with E-state index in [0.717, 1.165) is 35.7 Å². The maximum Gasteiger partial charge on any atom is 0.232 e. The van der Waals surface area contributed by atoms with Gasteiger partial charge in [0.05, 0.1) is 39.5 Å². The number of ether oxygens (including phenoxy) is 2. The average Bonchev–Trinajstić information content (AvgIpc) is 3.64. The number of nitrogens with one attached hydrogen (secondary N) is 2. The minimum Gasteiger partial charge on any atom is -0.495 e. The smallest absolute Gasteiger partial charge is 0.232 e. The summed E-state index contributed by atoms with van der Waals surface area (Å²) in [5.41, 5.74) is 1.28. The predicted molar refractivity (Wildman–Crippen MR) is 150 cm³/mol. The van der Waals surface area contributed by atoms with Gasteiger partial charge in [0.25, 0.3) is 0 Å². The summed E-state index contributed by atoms with van der Waals surface area (Å²) in [6, 6.07) is 7.06. The summed E-state index contributed by atoms with van der Waals surface area (Å²) in [6.45, 7) is 0. The van der Waals surface area contributed by atoms with Gasteiger partial charge in [-0.3, -0.25) is 19.6 Å². The number of hydrogen-bond acceptors (Lipinski definition) is 12. The van der Waals surface area contributed by atoms with Crippen molar-refractivity contribution in [3.63, 3.8) is 0 Å². The molecule has 0 bridgehead atoms. The van der Waals surface area contributed by atoms with Crippen LogP contribution in [0.5, 0.6) is 11.5 Å². The Morgan fingerprint density at radius 2 is 1.25 bits per heavy atom. The van der Waals surface area contributed by atoms with Gasteiger partial charge in [-0.15, -0.1) is 20.4 Å². The van der Waals surface area contributed by atoms with Crippen LogP contribution in [0.3, 0.4) is 0 Å². The van der Waals surface area contributed by atoms with Crippen LogP contribution in [0.1, 0.15) is 58.9 Å². The van der Waals surface area contributed by atoms with E-state index in [1.54, 1.807) is 50.9 Å². The highest BCUT2D eigenvalue weighted by Crippen LogP contribution is 2.43. The Hall–Kier alpha value is -4.04. The summed E-state index contributed by atoms with van der Waals surface area (Å²) in [6.07, 6.45) is 7.30. The van der Waals surface area contributed by atoms with E-state index in [1.165, 1.54) is 22.7 Å². The fourth-order valence-corrected chi connectivity index (χ4v) is 6.28. The molecule has 0 spiro atoms. The van der Waals surface area contributed by atoms with E-state index in [9.17, 15) is 9.59 Å². The molecule has 4 heterocycles. The van der Waals surface area contributed by atoms with E-state index in [-0.39, 0.29) is 36.5 Å². The summed E-state index contributed by atoms with van der Waals surface area (Å²) < 4.78 is 10.2. The number of aromatic nitrogens is 6. The third-order valence-electron chi connectivity index (χ3n) is 6.50. The van der Waals surface area contributed by atoms with E-state index in [1.807, 2.05) is 0 Å². The van der Waals surface area contributed by atoms with Crippen molar-refractivity contribution in [2.24, 2.45) is 0 Å². The number of carbonyl (C=O) groups excluding carboxylic acids is 2. The van der Waals surface area contributed by atoms with Crippen molar-refractivity contribution in [3.05, 3.63) is 58.1 Å². The van der Waals surface area contributed by atoms with Gasteiger partial charge in [-0.25, -0.2) is 0 Å². The summed E-state index contributed by atoms with van der Waals surface area (Å²) in [5.74, 6) is 1.31. The maximum atomic E-state index is 12.5. The van der Waals surface area contributed by atoms with Gasteiger partial charge in [-0.1, -0.05) is 29.1 Å².